The molecule has 1 aromatic heterocycles. The van der Waals surface area contributed by atoms with Gasteiger partial charge >= 0.3 is 0 Å². The standard InChI is InChI=1S/C12H15BrN2/c1-8(14-2)5-9-7-15-12-6-10(13)3-4-11(9)12/h3-4,6-8,14-15H,5H2,1-2H3. The van der Waals surface area contributed by atoms with Gasteiger partial charge in [0.25, 0.3) is 0 Å². The summed E-state index contributed by atoms with van der Waals surface area (Å²) in [7, 11) is 2.00. The Bertz CT molecular complexity index is 462. The van der Waals surface area contributed by atoms with Gasteiger partial charge < -0.3 is 10.3 Å². The fourth-order valence-corrected chi connectivity index (χ4v) is 2.12. The Morgan fingerprint density at radius 2 is 2.27 bits per heavy atom. The molecular weight excluding hydrogens is 252 g/mol. The van der Waals surface area contributed by atoms with Crippen molar-refractivity contribution in [2.45, 2.75) is 19.4 Å². The lowest BCUT2D eigenvalue weighted by atomic mass is 10.1. The molecule has 0 aliphatic heterocycles. The smallest absolute Gasteiger partial charge is 0.0468 e. The van der Waals surface area contributed by atoms with Gasteiger partial charge in [0, 0.05) is 27.6 Å². The monoisotopic (exact) mass is 266 g/mol. The molecule has 0 saturated heterocycles. The van der Waals surface area contributed by atoms with Crippen LogP contribution in [0, 0.1) is 0 Å². The van der Waals surface area contributed by atoms with E-state index in [1.165, 1.54) is 16.5 Å². The summed E-state index contributed by atoms with van der Waals surface area (Å²) >= 11 is 3.47. The highest BCUT2D eigenvalue weighted by Crippen LogP contribution is 2.23. The Kier molecular flexibility index (Phi) is 3.12. The molecule has 0 fully saturated rings. The van der Waals surface area contributed by atoms with Gasteiger partial charge in [-0.05, 0) is 38.1 Å². The Labute approximate surface area is 98.2 Å². The van der Waals surface area contributed by atoms with Crippen molar-refractivity contribution in [2.24, 2.45) is 0 Å². The van der Waals surface area contributed by atoms with Crippen LogP contribution < -0.4 is 5.32 Å². The third-order valence-electron chi connectivity index (χ3n) is 2.75. The van der Waals surface area contributed by atoms with Crippen molar-refractivity contribution in [3.63, 3.8) is 0 Å². The molecule has 0 amide bonds. The van der Waals surface area contributed by atoms with E-state index in [4.69, 9.17) is 0 Å². The summed E-state index contributed by atoms with van der Waals surface area (Å²) in [6.07, 6.45) is 3.16. The van der Waals surface area contributed by atoms with Crippen LogP contribution in [0.1, 0.15) is 12.5 Å². The van der Waals surface area contributed by atoms with Crippen LogP contribution in [0.2, 0.25) is 0 Å². The maximum atomic E-state index is 3.47. The van der Waals surface area contributed by atoms with Crippen LogP contribution in [0.4, 0.5) is 0 Å². The van der Waals surface area contributed by atoms with Crippen LogP contribution in [0.5, 0.6) is 0 Å². The van der Waals surface area contributed by atoms with Crippen molar-refractivity contribution >= 4 is 26.8 Å². The molecular formula is C12H15BrN2. The largest absolute Gasteiger partial charge is 0.361 e. The van der Waals surface area contributed by atoms with E-state index in [1.54, 1.807) is 0 Å². The lowest BCUT2D eigenvalue weighted by Crippen LogP contribution is -2.23. The van der Waals surface area contributed by atoms with Gasteiger partial charge in [-0.2, -0.15) is 0 Å². The minimum atomic E-state index is 0.507. The second kappa shape index (κ2) is 4.37. The number of H-pyrrole nitrogens is 1. The van der Waals surface area contributed by atoms with Gasteiger partial charge in [-0.15, -0.1) is 0 Å². The predicted molar refractivity (Wildman–Crippen MR) is 68.2 cm³/mol. The number of hydrogen-bond donors (Lipinski definition) is 2. The van der Waals surface area contributed by atoms with Crippen LogP contribution in [0.15, 0.2) is 28.9 Å². The average Bonchev–Trinajstić information content (AvgIpc) is 2.60. The van der Waals surface area contributed by atoms with Crippen molar-refractivity contribution in [3.05, 3.63) is 34.4 Å². The summed E-state index contributed by atoms with van der Waals surface area (Å²) in [6.45, 7) is 2.19. The minimum absolute atomic E-state index is 0.507. The molecule has 1 unspecified atom stereocenters. The van der Waals surface area contributed by atoms with Crippen LogP contribution >= 0.6 is 15.9 Å². The number of aromatic nitrogens is 1. The van der Waals surface area contributed by atoms with Gasteiger partial charge in [-0.25, -0.2) is 0 Å². The van der Waals surface area contributed by atoms with Crippen LogP contribution in [-0.4, -0.2) is 18.1 Å². The van der Waals surface area contributed by atoms with Gasteiger partial charge in [-0.1, -0.05) is 22.0 Å². The van der Waals surface area contributed by atoms with E-state index in [9.17, 15) is 0 Å². The Balaban J connectivity index is 2.36. The molecule has 2 aromatic rings. The summed E-state index contributed by atoms with van der Waals surface area (Å²) in [6, 6.07) is 6.87. The zero-order valence-corrected chi connectivity index (χ0v) is 10.6. The first-order valence-electron chi connectivity index (χ1n) is 5.13. The summed E-state index contributed by atoms with van der Waals surface area (Å²) < 4.78 is 1.12. The van der Waals surface area contributed by atoms with E-state index >= 15 is 0 Å². The second-order valence-corrected chi connectivity index (χ2v) is 4.81. The lowest BCUT2D eigenvalue weighted by molar-refractivity contribution is 0.610. The molecule has 1 aromatic carbocycles. The number of fused-ring (bicyclic) bond motifs is 1. The Hall–Kier alpha value is -0.800. The molecule has 3 heteroatoms. The first-order valence-corrected chi connectivity index (χ1v) is 5.93. The molecule has 2 rings (SSSR count). The van der Waals surface area contributed by atoms with E-state index in [0.717, 1.165) is 10.9 Å². The van der Waals surface area contributed by atoms with Crippen molar-refractivity contribution in [1.29, 1.82) is 0 Å². The number of aromatic amines is 1. The fraction of sp³-hybridized carbons (Fsp3) is 0.333. The first kappa shape index (κ1) is 10.7. The molecule has 2 N–H and O–H groups in total. The van der Waals surface area contributed by atoms with Gasteiger partial charge in [0.05, 0.1) is 0 Å². The van der Waals surface area contributed by atoms with Gasteiger partial charge in [0.1, 0.15) is 0 Å². The van der Waals surface area contributed by atoms with Crippen LogP contribution in [-0.2, 0) is 6.42 Å². The summed E-state index contributed by atoms with van der Waals surface area (Å²) in [4.78, 5) is 3.30. The first-order chi connectivity index (χ1) is 7.20. The average molecular weight is 267 g/mol. The van der Waals surface area contributed by atoms with Crippen molar-refractivity contribution < 1.29 is 0 Å². The highest BCUT2D eigenvalue weighted by atomic mass is 79.9. The van der Waals surface area contributed by atoms with E-state index < -0.39 is 0 Å². The van der Waals surface area contributed by atoms with Crippen molar-refractivity contribution in [2.75, 3.05) is 7.05 Å². The summed E-state index contributed by atoms with van der Waals surface area (Å²) in [5, 5.41) is 4.58. The second-order valence-electron chi connectivity index (χ2n) is 3.90. The quantitative estimate of drug-likeness (QED) is 0.878. The molecule has 0 spiro atoms. The minimum Gasteiger partial charge on any atom is -0.361 e. The molecule has 0 saturated carbocycles. The third kappa shape index (κ3) is 2.24. The number of halogens is 1. The molecule has 1 atom stereocenters. The predicted octanol–water partition coefficient (Wildman–Crippen LogP) is 3.08. The third-order valence-corrected chi connectivity index (χ3v) is 3.24. The Morgan fingerprint density at radius 3 is 3.00 bits per heavy atom. The summed E-state index contributed by atoms with van der Waals surface area (Å²) in [5.74, 6) is 0. The molecule has 0 bridgehead atoms. The maximum absolute atomic E-state index is 3.47. The fourth-order valence-electron chi connectivity index (χ4n) is 1.76. The maximum Gasteiger partial charge on any atom is 0.0468 e. The number of nitrogens with one attached hydrogen (secondary N) is 2. The van der Waals surface area contributed by atoms with E-state index in [2.05, 4.69) is 57.6 Å². The number of rotatable bonds is 3. The van der Waals surface area contributed by atoms with Gasteiger partial charge in [-0.3, -0.25) is 0 Å². The van der Waals surface area contributed by atoms with Gasteiger partial charge in [0.15, 0.2) is 0 Å². The lowest BCUT2D eigenvalue weighted by Gasteiger charge is -2.08. The SMILES string of the molecule is CNC(C)Cc1c[nH]c2cc(Br)ccc12. The zero-order chi connectivity index (χ0) is 10.8. The van der Waals surface area contributed by atoms with E-state index in [0.29, 0.717) is 6.04 Å². The van der Waals surface area contributed by atoms with Crippen LogP contribution in [0.3, 0.4) is 0 Å². The zero-order valence-electron chi connectivity index (χ0n) is 8.97. The summed E-state index contributed by atoms with van der Waals surface area (Å²) in [5.41, 5.74) is 2.57. The molecule has 0 aliphatic carbocycles. The molecule has 0 aliphatic rings. The van der Waals surface area contributed by atoms with Gasteiger partial charge in [0.2, 0.25) is 0 Å². The van der Waals surface area contributed by atoms with Crippen molar-refractivity contribution in [3.8, 4) is 0 Å². The molecule has 1 heterocycles. The normalized spacial score (nSPS) is 13.3. The highest BCUT2D eigenvalue weighted by molar-refractivity contribution is 9.10. The van der Waals surface area contributed by atoms with Crippen molar-refractivity contribution in [1.82, 2.24) is 10.3 Å². The molecule has 2 nitrogen and oxygen atoms in total. The topological polar surface area (TPSA) is 27.8 Å². The molecule has 15 heavy (non-hydrogen) atoms. The number of hydrogen-bond acceptors (Lipinski definition) is 1. The van der Waals surface area contributed by atoms with Crippen LogP contribution in [0.25, 0.3) is 10.9 Å². The van der Waals surface area contributed by atoms with E-state index in [1.807, 2.05) is 7.05 Å². The highest BCUT2D eigenvalue weighted by Gasteiger charge is 2.06. The molecule has 0 radical (unpaired) electrons. The number of likely N-dealkylation sites (N-methyl/N-ethyl adjacent to an activating group) is 1. The number of benzene rings is 1. The Morgan fingerprint density at radius 1 is 1.47 bits per heavy atom. The molecule has 80 valence electrons. The van der Waals surface area contributed by atoms with E-state index in [-0.39, 0.29) is 0 Å².